The topological polar surface area (TPSA) is 36.7 Å². The minimum atomic E-state index is 0.662. The summed E-state index contributed by atoms with van der Waals surface area (Å²) in [5.41, 5.74) is 4.03. The van der Waals surface area contributed by atoms with E-state index in [0.717, 1.165) is 10.7 Å². The molecule has 2 nitrogen and oxygen atoms in total. The SMILES string of the molecule is Cc1ccc(Sc2cc(C#N)cc(C)n2)c(C)c1. The Bertz CT molecular complexity index is 627. The van der Waals surface area contributed by atoms with Crippen molar-refractivity contribution in [2.75, 3.05) is 0 Å². The first-order valence-corrected chi connectivity index (χ1v) is 6.54. The van der Waals surface area contributed by atoms with E-state index in [4.69, 9.17) is 5.26 Å². The monoisotopic (exact) mass is 254 g/mol. The van der Waals surface area contributed by atoms with Crippen LogP contribution in [0.25, 0.3) is 0 Å². The number of aryl methyl sites for hydroxylation is 3. The van der Waals surface area contributed by atoms with Crippen molar-refractivity contribution in [1.82, 2.24) is 4.98 Å². The standard InChI is InChI=1S/C15H14N2S/c1-10-4-5-14(11(2)6-10)18-15-8-13(9-16)7-12(3)17-15/h4-8H,1-3H3. The Kier molecular flexibility index (Phi) is 3.69. The maximum absolute atomic E-state index is 8.96. The van der Waals surface area contributed by atoms with Crippen LogP contribution in [0, 0.1) is 32.1 Å². The van der Waals surface area contributed by atoms with E-state index in [2.05, 4.69) is 43.1 Å². The fraction of sp³-hybridized carbons (Fsp3) is 0.200. The number of pyridine rings is 1. The number of hydrogen-bond acceptors (Lipinski definition) is 3. The van der Waals surface area contributed by atoms with E-state index < -0.39 is 0 Å². The zero-order valence-corrected chi connectivity index (χ0v) is 11.5. The van der Waals surface area contributed by atoms with Crippen LogP contribution in [0.1, 0.15) is 22.4 Å². The lowest BCUT2D eigenvalue weighted by Gasteiger charge is -2.07. The molecule has 0 unspecified atom stereocenters. The number of benzene rings is 1. The summed E-state index contributed by atoms with van der Waals surface area (Å²) in [7, 11) is 0. The molecule has 90 valence electrons. The molecule has 2 aromatic rings. The van der Waals surface area contributed by atoms with Gasteiger partial charge in [0, 0.05) is 10.6 Å². The van der Waals surface area contributed by atoms with E-state index in [-0.39, 0.29) is 0 Å². The molecule has 0 aliphatic carbocycles. The molecule has 0 fully saturated rings. The maximum Gasteiger partial charge on any atom is 0.102 e. The fourth-order valence-corrected chi connectivity index (χ4v) is 2.74. The predicted octanol–water partition coefficient (Wildman–Crippen LogP) is 4.03. The first kappa shape index (κ1) is 12.7. The molecule has 2 rings (SSSR count). The van der Waals surface area contributed by atoms with Crippen LogP contribution >= 0.6 is 11.8 Å². The predicted molar refractivity (Wildman–Crippen MR) is 73.7 cm³/mol. The van der Waals surface area contributed by atoms with Crippen LogP contribution in [0.2, 0.25) is 0 Å². The van der Waals surface area contributed by atoms with Gasteiger partial charge in [-0.3, -0.25) is 0 Å². The van der Waals surface area contributed by atoms with Crippen LogP contribution in [-0.4, -0.2) is 4.98 Å². The third kappa shape index (κ3) is 2.91. The Morgan fingerprint density at radius 2 is 1.89 bits per heavy atom. The molecule has 18 heavy (non-hydrogen) atoms. The van der Waals surface area contributed by atoms with Gasteiger partial charge in [0.1, 0.15) is 5.03 Å². The Morgan fingerprint density at radius 1 is 1.11 bits per heavy atom. The second-order valence-corrected chi connectivity index (χ2v) is 5.38. The van der Waals surface area contributed by atoms with Crippen molar-refractivity contribution in [3.05, 3.63) is 52.7 Å². The van der Waals surface area contributed by atoms with Gasteiger partial charge in [0.05, 0.1) is 11.6 Å². The van der Waals surface area contributed by atoms with Gasteiger partial charge in [0.15, 0.2) is 0 Å². The van der Waals surface area contributed by atoms with Crippen LogP contribution in [0.3, 0.4) is 0 Å². The van der Waals surface area contributed by atoms with Gasteiger partial charge in [0.2, 0.25) is 0 Å². The Morgan fingerprint density at radius 3 is 2.56 bits per heavy atom. The average molecular weight is 254 g/mol. The number of aromatic nitrogens is 1. The van der Waals surface area contributed by atoms with Crippen molar-refractivity contribution >= 4 is 11.8 Å². The number of nitrogens with zero attached hydrogens (tertiary/aromatic N) is 2. The summed E-state index contributed by atoms with van der Waals surface area (Å²) in [6.07, 6.45) is 0. The Hall–Kier alpha value is -1.79. The highest BCUT2D eigenvalue weighted by Crippen LogP contribution is 2.30. The molecule has 0 saturated carbocycles. The van der Waals surface area contributed by atoms with Crippen molar-refractivity contribution < 1.29 is 0 Å². The minimum absolute atomic E-state index is 0.662. The Labute approximate surface area is 112 Å². The molecule has 0 radical (unpaired) electrons. The van der Waals surface area contributed by atoms with Crippen molar-refractivity contribution in [3.8, 4) is 6.07 Å². The van der Waals surface area contributed by atoms with Gasteiger partial charge < -0.3 is 0 Å². The van der Waals surface area contributed by atoms with Crippen LogP contribution in [0.5, 0.6) is 0 Å². The maximum atomic E-state index is 8.96. The summed E-state index contributed by atoms with van der Waals surface area (Å²) >= 11 is 1.60. The first-order chi connectivity index (χ1) is 8.58. The summed E-state index contributed by atoms with van der Waals surface area (Å²) in [5, 5.41) is 9.83. The van der Waals surface area contributed by atoms with E-state index in [0.29, 0.717) is 5.56 Å². The van der Waals surface area contributed by atoms with Gasteiger partial charge >= 0.3 is 0 Å². The normalized spacial score (nSPS) is 10.1. The molecule has 1 aromatic carbocycles. The highest BCUT2D eigenvalue weighted by Gasteiger charge is 2.05. The van der Waals surface area contributed by atoms with Gasteiger partial charge in [0.25, 0.3) is 0 Å². The Balaban J connectivity index is 2.34. The number of rotatable bonds is 2. The van der Waals surface area contributed by atoms with E-state index in [9.17, 15) is 0 Å². The minimum Gasteiger partial charge on any atom is -0.246 e. The second kappa shape index (κ2) is 5.24. The summed E-state index contributed by atoms with van der Waals surface area (Å²) in [6, 6.07) is 12.1. The number of nitriles is 1. The molecule has 0 saturated heterocycles. The lowest BCUT2D eigenvalue weighted by molar-refractivity contribution is 1.05. The lowest BCUT2D eigenvalue weighted by atomic mass is 10.2. The van der Waals surface area contributed by atoms with Crippen molar-refractivity contribution in [3.63, 3.8) is 0 Å². The van der Waals surface area contributed by atoms with Crippen molar-refractivity contribution in [2.24, 2.45) is 0 Å². The summed E-state index contributed by atoms with van der Waals surface area (Å²) < 4.78 is 0. The van der Waals surface area contributed by atoms with Gasteiger partial charge in [-0.25, -0.2) is 4.98 Å². The smallest absolute Gasteiger partial charge is 0.102 e. The molecule has 0 spiro atoms. The van der Waals surface area contributed by atoms with Crippen LogP contribution in [-0.2, 0) is 0 Å². The molecule has 0 N–H and O–H groups in total. The zero-order chi connectivity index (χ0) is 13.1. The molecular weight excluding hydrogens is 240 g/mol. The molecule has 1 aromatic heterocycles. The third-order valence-electron chi connectivity index (χ3n) is 2.60. The summed E-state index contributed by atoms with van der Waals surface area (Å²) in [5.74, 6) is 0. The van der Waals surface area contributed by atoms with E-state index in [1.807, 2.05) is 13.0 Å². The molecule has 0 amide bonds. The molecule has 3 heteroatoms. The van der Waals surface area contributed by atoms with E-state index in [1.165, 1.54) is 16.0 Å². The lowest BCUT2D eigenvalue weighted by Crippen LogP contribution is -1.89. The van der Waals surface area contributed by atoms with Gasteiger partial charge in [-0.1, -0.05) is 29.5 Å². The fourth-order valence-electron chi connectivity index (χ4n) is 1.78. The van der Waals surface area contributed by atoms with Crippen molar-refractivity contribution in [1.29, 1.82) is 5.26 Å². The molecular formula is C15H14N2S. The van der Waals surface area contributed by atoms with E-state index in [1.54, 1.807) is 17.8 Å². The third-order valence-corrected chi connectivity index (χ3v) is 3.70. The molecule has 0 aliphatic heterocycles. The van der Waals surface area contributed by atoms with Gasteiger partial charge in [-0.2, -0.15) is 5.26 Å². The molecule has 0 atom stereocenters. The molecule has 0 aliphatic rings. The molecule has 0 bridgehead atoms. The largest absolute Gasteiger partial charge is 0.246 e. The average Bonchev–Trinajstić information content (AvgIpc) is 2.32. The second-order valence-electron chi connectivity index (χ2n) is 4.32. The zero-order valence-electron chi connectivity index (χ0n) is 10.7. The van der Waals surface area contributed by atoms with Crippen molar-refractivity contribution in [2.45, 2.75) is 30.7 Å². The highest BCUT2D eigenvalue weighted by atomic mass is 32.2. The van der Waals surface area contributed by atoms with Crippen LogP contribution < -0.4 is 0 Å². The highest BCUT2D eigenvalue weighted by molar-refractivity contribution is 7.99. The van der Waals surface area contributed by atoms with Crippen LogP contribution in [0.15, 0.2) is 40.3 Å². The molecule has 1 heterocycles. The van der Waals surface area contributed by atoms with Crippen LogP contribution in [0.4, 0.5) is 0 Å². The van der Waals surface area contributed by atoms with Gasteiger partial charge in [-0.15, -0.1) is 0 Å². The quantitative estimate of drug-likeness (QED) is 0.812. The first-order valence-electron chi connectivity index (χ1n) is 5.72. The van der Waals surface area contributed by atoms with E-state index >= 15 is 0 Å². The van der Waals surface area contributed by atoms with Gasteiger partial charge in [-0.05, 0) is 44.5 Å². The number of hydrogen-bond donors (Lipinski definition) is 0. The summed E-state index contributed by atoms with van der Waals surface area (Å²) in [4.78, 5) is 5.64. The summed E-state index contributed by atoms with van der Waals surface area (Å²) in [6.45, 7) is 6.09.